The Morgan fingerprint density at radius 1 is 1.38 bits per heavy atom. The predicted octanol–water partition coefficient (Wildman–Crippen LogP) is 1.34. The zero-order chi connectivity index (χ0) is 16.3. The molecule has 0 spiro atoms. The third kappa shape index (κ3) is 2.77. The molecule has 6 nitrogen and oxygen atoms in total. The summed E-state index contributed by atoms with van der Waals surface area (Å²) in [5, 5.41) is 29.2. The van der Waals surface area contributed by atoms with E-state index >= 15 is 0 Å². The van der Waals surface area contributed by atoms with E-state index in [2.05, 4.69) is 0 Å². The maximum absolute atomic E-state index is 12.3. The van der Waals surface area contributed by atoms with Crippen molar-refractivity contribution in [3.05, 3.63) is 0 Å². The lowest BCUT2D eigenvalue weighted by Crippen LogP contribution is -2.55. The normalized spacial score (nSPS) is 35.3. The van der Waals surface area contributed by atoms with Crippen molar-refractivity contribution >= 4 is 11.8 Å². The highest BCUT2D eigenvalue weighted by Crippen LogP contribution is 2.53. The molecule has 6 heteroatoms. The van der Waals surface area contributed by atoms with Crippen LogP contribution in [-0.2, 0) is 14.3 Å². The highest BCUT2D eigenvalue weighted by molar-refractivity contribution is 5.83. The Bertz CT molecular complexity index is 519. The van der Waals surface area contributed by atoms with Crippen LogP contribution in [0.1, 0.15) is 40.0 Å². The second kappa shape index (κ2) is 6.24. The minimum atomic E-state index is -1.56. The molecule has 1 aliphatic rings. The fourth-order valence-electron chi connectivity index (χ4n) is 3.09. The van der Waals surface area contributed by atoms with Gasteiger partial charge in [0.15, 0.2) is 5.41 Å². The SMILES string of the molecule is CCOC(=O)[C@]1(C#N)CC[C@@H](O)[C@](C)(C#N)[C@@H]1CC(C)=O. The largest absolute Gasteiger partial charge is 0.465 e. The molecule has 1 fully saturated rings. The summed E-state index contributed by atoms with van der Waals surface area (Å²) in [7, 11) is 0. The van der Waals surface area contributed by atoms with E-state index in [1.165, 1.54) is 13.8 Å². The van der Waals surface area contributed by atoms with Gasteiger partial charge in [-0.05, 0) is 33.6 Å². The lowest BCUT2D eigenvalue weighted by atomic mass is 9.53. The monoisotopic (exact) mass is 292 g/mol. The first-order valence-corrected chi connectivity index (χ1v) is 6.95. The van der Waals surface area contributed by atoms with Gasteiger partial charge in [-0.25, -0.2) is 0 Å². The number of rotatable bonds is 4. The van der Waals surface area contributed by atoms with Gasteiger partial charge in [-0.15, -0.1) is 0 Å². The van der Waals surface area contributed by atoms with Gasteiger partial charge in [-0.1, -0.05) is 0 Å². The van der Waals surface area contributed by atoms with Crippen LogP contribution in [0.4, 0.5) is 0 Å². The Kier molecular flexibility index (Phi) is 5.09. The molecule has 0 bridgehead atoms. The smallest absolute Gasteiger partial charge is 0.326 e. The highest BCUT2D eigenvalue weighted by Gasteiger charge is 2.61. The molecule has 4 atom stereocenters. The molecule has 21 heavy (non-hydrogen) atoms. The standard InChI is InChI=1S/C15H20N2O4/c1-4-21-13(20)15(9-17)6-5-12(19)14(3,8-16)11(15)7-10(2)18/h11-12,19H,4-7H2,1-3H3/t11-,12+,14+,15-/m0/s1. The molecule has 0 saturated heterocycles. The molecule has 0 aromatic rings. The second-order valence-corrected chi connectivity index (χ2v) is 5.71. The Morgan fingerprint density at radius 2 is 2.00 bits per heavy atom. The summed E-state index contributed by atoms with van der Waals surface area (Å²) < 4.78 is 5.00. The first-order chi connectivity index (χ1) is 9.78. The van der Waals surface area contributed by atoms with Crippen LogP contribution in [0, 0.1) is 39.4 Å². The maximum Gasteiger partial charge on any atom is 0.326 e. The summed E-state index contributed by atoms with van der Waals surface area (Å²) in [6, 6.07) is 3.99. The number of ether oxygens (including phenoxy) is 1. The molecule has 114 valence electrons. The number of carbonyl (C=O) groups excluding carboxylic acids is 2. The van der Waals surface area contributed by atoms with Crippen molar-refractivity contribution in [3.63, 3.8) is 0 Å². The van der Waals surface area contributed by atoms with E-state index in [4.69, 9.17) is 4.74 Å². The molecule has 0 aromatic heterocycles. The summed E-state index contributed by atoms with van der Waals surface area (Å²) in [6.07, 6.45) is -0.875. The average molecular weight is 292 g/mol. The summed E-state index contributed by atoms with van der Waals surface area (Å²) in [5.74, 6) is -1.84. The first kappa shape index (κ1) is 17.1. The Hall–Kier alpha value is -1.92. The molecule has 0 amide bonds. The average Bonchev–Trinajstić information content (AvgIpc) is 2.44. The van der Waals surface area contributed by atoms with Crippen molar-refractivity contribution in [2.45, 2.75) is 46.1 Å². The van der Waals surface area contributed by atoms with Crippen molar-refractivity contribution in [2.75, 3.05) is 6.61 Å². The fraction of sp³-hybridized carbons (Fsp3) is 0.733. The zero-order valence-corrected chi connectivity index (χ0v) is 12.5. The number of aliphatic hydroxyl groups is 1. The molecule has 0 aromatic carbocycles. The number of nitriles is 2. The van der Waals surface area contributed by atoms with Crippen LogP contribution >= 0.6 is 0 Å². The fourth-order valence-corrected chi connectivity index (χ4v) is 3.09. The minimum absolute atomic E-state index is 0.0821. The quantitative estimate of drug-likeness (QED) is 0.783. The first-order valence-electron chi connectivity index (χ1n) is 6.95. The van der Waals surface area contributed by atoms with E-state index in [1.54, 1.807) is 6.92 Å². The molecule has 1 aliphatic carbocycles. The van der Waals surface area contributed by atoms with Crippen molar-refractivity contribution in [3.8, 4) is 12.1 Å². The summed E-state index contributed by atoms with van der Waals surface area (Å²) in [5.41, 5.74) is -2.90. The lowest BCUT2D eigenvalue weighted by molar-refractivity contribution is -0.165. The van der Waals surface area contributed by atoms with Crippen LogP contribution in [0.5, 0.6) is 0 Å². The van der Waals surface area contributed by atoms with Gasteiger partial charge in [0.05, 0.1) is 30.3 Å². The van der Waals surface area contributed by atoms with Crippen LogP contribution in [0.3, 0.4) is 0 Å². The number of ketones is 1. The van der Waals surface area contributed by atoms with Crippen molar-refractivity contribution in [2.24, 2.45) is 16.7 Å². The van der Waals surface area contributed by atoms with E-state index < -0.39 is 28.8 Å². The number of hydrogen-bond acceptors (Lipinski definition) is 6. The molecular formula is C15H20N2O4. The van der Waals surface area contributed by atoms with Crippen LogP contribution < -0.4 is 0 Å². The zero-order valence-electron chi connectivity index (χ0n) is 12.5. The predicted molar refractivity (Wildman–Crippen MR) is 72.4 cm³/mol. The molecule has 0 unspecified atom stereocenters. The third-order valence-electron chi connectivity index (χ3n) is 4.39. The molecular weight excluding hydrogens is 272 g/mol. The molecule has 0 aliphatic heterocycles. The summed E-state index contributed by atoms with van der Waals surface area (Å²) >= 11 is 0. The molecule has 1 saturated carbocycles. The number of hydrogen-bond donors (Lipinski definition) is 1. The molecule has 1 rings (SSSR count). The summed E-state index contributed by atoms with van der Waals surface area (Å²) in [4.78, 5) is 23.9. The second-order valence-electron chi connectivity index (χ2n) is 5.71. The van der Waals surface area contributed by atoms with Crippen LogP contribution in [0.2, 0.25) is 0 Å². The maximum atomic E-state index is 12.3. The van der Waals surface area contributed by atoms with Gasteiger partial charge in [0, 0.05) is 12.3 Å². The van der Waals surface area contributed by atoms with Gasteiger partial charge in [-0.2, -0.15) is 10.5 Å². The number of nitrogens with zero attached hydrogens (tertiary/aromatic N) is 2. The van der Waals surface area contributed by atoms with Gasteiger partial charge < -0.3 is 14.6 Å². The van der Waals surface area contributed by atoms with Crippen LogP contribution in [-0.4, -0.2) is 29.6 Å². The Balaban J connectivity index is 3.40. The van der Waals surface area contributed by atoms with Gasteiger partial charge in [0.1, 0.15) is 5.78 Å². The van der Waals surface area contributed by atoms with Gasteiger partial charge in [0.2, 0.25) is 0 Å². The lowest BCUT2D eigenvalue weighted by Gasteiger charge is -2.47. The van der Waals surface area contributed by atoms with Gasteiger partial charge in [-0.3, -0.25) is 4.79 Å². The minimum Gasteiger partial charge on any atom is -0.465 e. The van der Waals surface area contributed by atoms with Crippen LogP contribution in [0.15, 0.2) is 0 Å². The van der Waals surface area contributed by atoms with E-state index in [-0.39, 0.29) is 31.7 Å². The molecule has 1 N–H and O–H groups in total. The summed E-state index contributed by atoms with van der Waals surface area (Å²) in [6.45, 7) is 4.58. The van der Waals surface area contributed by atoms with E-state index in [0.717, 1.165) is 0 Å². The van der Waals surface area contributed by atoms with Crippen LogP contribution in [0.25, 0.3) is 0 Å². The molecule has 0 radical (unpaired) electrons. The highest BCUT2D eigenvalue weighted by atomic mass is 16.5. The molecule has 0 heterocycles. The Morgan fingerprint density at radius 3 is 2.43 bits per heavy atom. The topological polar surface area (TPSA) is 111 Å². The van der Waals surface area contributed by atoms with E-state index in [0.29, 0.717) is 0 Å². The number of esters is 1. The van der Waals surface area contributed by atoms with Crippen molar-refractivity contribution < 1.29 is 19.4 Å². The number of carbonyl (C=O) groups is 2. The Labute approximate surface area is 124 Å². The number of Topliss-reactive ketones (excluding diaryl/α,β-unsaturated/α-hetero) is 1. The van der Waals surface area contributed by atoms with Gasteiger partial charge in [0.25, 0.3) is 0 Å². The number of aliphatic hydroxyl groups excluding tert-OH is 1. The van der Waals surface area contributed by atoms with Crippen molar-refractivity contribution in [1.82, 2.24) is 0 Å². The van der Waals surface area contributed by atoms with Crippen molar-refractivity contribution in [1.29, 1.82) is 10.5 Å². The third-order valence-corrected chi connectivity index (χ3v) is 4.39. The van der Waals surface area contributed by atoms with E-state index in [1.807, 2.05) is 12.1 Å². The van der Waals surface area contributed by atoms with Gasteiger partial charge >= 0.3 is 5.97 Å². The van der Waals surface area contributed by atoms with E-state index in [9.17, 15) is 25.2 Å².